The van der Waals surface area contributed by atoms with Crippen molar-refractivity contribution in [2.24, 2.45) is 5.92 Å². The average molecular weight is 492 g/mol. The Morgan fingerprint density at radius 1 is 1.18 bits per heavy atom. The molecule has 2 heterocycles. The normalized spacial score (nSPS) is 19.2. The fraction of sp³-hybridized carbons (Fsp3) is 0.391. The van der Waals surface area contributed by atoms with Crippen LogP contribution in [0.5, 0.6) is 5.75 Å². The summed E-state index contributed by atoms with van der Waals surface area (Å²) in [6.07, 6.45) is 2.90. The van der Waals surface area contributed by atoms with Crippen LogP contribution in [0, 0.1) is 5.92 Å². The minimum absolute atomic E-state index is 0.0626. The van der Waals surface area contributed by atoms with E-state index < -0.39 is 15.9 Å². The number of methoxy groups -OCH3 is 1. The van der Waals surface area contributed by atoms with Crippen molar-refractivity contribution in [3.05, 3.63) is 47.0 Å². The number of hydrogen-bond acceptors (Lipinski definition) is 5. The monoisotopic (exact) mass is 491 g/mol. The van der Waals surface area contributed by atoms with Crippen LogP contribution in [-0.2, 0) is 26.0 Å². The van der Waals surface area contributed by atoms with Gasteiger partial charge in [0, 0.05) is 30.9 Å². The lowest BCUT2D eigenvalue weighted by Crippen LogP contribution is -2.43. The van der Waals surface area contributed by atoms with Crippen LogP contribution in [0.2, 0.25) is 5.02 Å². The molecule has 2 aromatic rings. The average Bonchev–Trinajstić information content (AvgIpc) is 2.99. The van der Waals surface area contributed by atoms with E-state index in [0.29, 0.717) is 60.8 Å². The Balaban J connectivity index is 1.48. The summed E-state index contributed by atoms with van der Waals surface area (Å²) in [5.41, 5.74) is 1.99. The van der Waals surface area contributed by atoms with E-state index in [-0.39, 0.29) is 23.3 Å². The van der Waals surface area contributed by atoms with E-state index in [1.807, 2.05) is 0 Å². The lowest BCUT2D eigenvalue weighted by molar-refractivity contribution is -0.121. The van der Waals surface area contributed by atoms with Gasteiger partial charge in [-0.2, -0.15) is 4.31 Å². The molecule has 1 fully saturated rings. The fourth-order valence-electron chi connectivity index (χ4n) is 4.22. The van der Waals surface area contributed by atoms with Crippen LogP contribution in [0.25, 0.3) is 0 Å². The van der Waals surface area contributed by atoms with E-state index in [0.717, 1.165) is 5.56 Å². The molecule has 1 atom stereocenters. The maximum Gasteiger partial charge on any atom is 0.243 e. The molecule has 0 spiro atoms. The molecule has 2 aliphatic rings. The summed E-state index contributed by atoms with van der Waals surface area (Å²) in [5, 5.41) is 6.02. The summed E-state index contributed by atoms with van der Waals surface area (Å²) in [6.45, 7) is 0.459. The lowest BCUT2D eigenvalue weighted by Gasteiger charge is -2.31. The Morgan fingerprint density at radius 2 is 2.00 bits per heavy atom. The molecule has 2 amide bonds. The highest BCUT2D eigenvalue weighted by Crippen LogP contribution is 2.30. The van der Waals surface area contributed by atoms with E-state index in [4.69, 9.17) is 16.3 Å². The number of nitrogens with zero attached hydrogens (tertiary/aromatic N) is 1. The van der Waals surface area contributed by atoms with Crippen molar-refractivity contribution in [1.29, 1.82) is 0 Å². The molecule has 0 bridgehead atoms. The molecule has 176 valence electrons. The SMILES string of the molecule is COc1ccc(NC(=O)C2CCCN(S(=O)(=O)c3ccc4c(c3)CCCC(=O)N4)C2)cc1Cl. The number of rotatable bonds is 5. The highest BCUT2D eigenvalue weighted by atomic mass is 35.5. The molecule has 33 heavy (non-hydrogen) atoms. The molecular weight excluding hydrogens is 466 g/mol. The zero-order valence-electron chi connectivity index (χ0n) is 18.3. The number of halogens is 1. The molecule has 10 heteroatoms. The quantitative estimate of drug-likeness (QED) is 0.664. The molecule has 0 aromatic heterocycles. The molecule has 0 saturated carbocycles. The molecule has 2 aromatic carbocycles. The molecule has 4 rings (SSSR count). The molecule has 2 aliphatic heterocycles. The second-order valence-electron chi connectivity index (χ2n) is 8.26. The van der Waals surface area contributed by atoms with Gasteiger partial charge in [-0.05, 0) is 67.6 Å². The van der Waals surface area contributed by atoms with Crippen LogP contribution in [0.1, 0.15) is 31.2 Å². The number of aryl methyl sites for hydroxylation is 1. The third-order valence-corrected chi connectivity index (χ3v) is 8.17. The van der Waals surface area contributed by atoms with Gasteiger partial charge in [-0.25, -0.2) is 8.42 Å². The number of benzene rings is 2. The standard InChI is InChI=1S/C23H26ClN3O5S/c1-32-21-10-7-17(13-19(21)24)25-23(29)16-5-3-11-27(14-16)33(30,31)18-8-9-20-15(12-18)4-2-6-22(28)26-20/h7-10,12-13,16H,2-6,11,14H2,1H3,(H,25,29)(H,26,28). The van der Waals surface area contributed by atoms with Crippen molar-refractivity contribution in [3.8, 4) is 5.75 Å². The van der Waals surface area contributed by atoms with Crippen LogP contribution in [0.15, 0.2) is 41.3 Å². The number of anilines is 2. The highest BCUT2D eigenvalue weighted by Gasteiger charge is 2.34. The number of amides is 2. The van der Waals surface area contributed by atoms with Gasteiger partial charge in [-0.15, -0.1) is 0 Å². The van der Waals surface area contributed by atoms with Crippen LogP contribution in [0.4, 0.5) is 11.4 Å². The van der Waals surface area contributed by atoms with Gasteiger partial charge in [-0.1, -0.05) is 11.6 Å². The van der Waals surface area contributed by atoms with Crippen LogP contribution in [-0.4, -0.2) is 44.7 Å². The topological polar surface area (TPSA) is 105 Å². The smallest absolute Gasteiger partial charge is 0.243 e. The summed E-state index contributed by atoms with van der Waals surface area (Å²) in [5.74, 6) is -0.285. The Bertz CT molecular complexity index is 1180. The Kier molecular flexibility index (Phi) is 6.92. The molecule has 1 unspecified atom stereocenters. The highest BCUT2D eigenvalue weighted by molar-refractivity contribution is 7.89. The summed E-state index contributed by atoms with van der Waals surface area (Å²) in [4.78, 5) is 24.8. The second kappa shape index (κ2) is 9.70. The van der Waals surface area contributed by atoms with Gasteiger partial charge in [0.05, 0.1) is 22.9 Å². The van der Waals surface area contributed by atoms with E-state index in [1.54, 1.807) is 30.3 Å². The Hall–Kier alpha value is -2.62. The zero-order chi connectivity index (χ0) is 23.6. The lowest BCUT2D eigenvalue weighted by atomic mass is 9.98. The molecule has 8 nitrogen and oxygen atoms in total. The number of sulfonamides is 1. The van der Waals surface area contributed by atoms with Crippen molar-refractivity contribution in [1.82, 2.24) is 4.31 Å². The number of carbonyl (C=O) groups excluding carboxylic acids is 2. The van der Waals surface area contributed by atoms with Crippen molar-refractivity contribution in [2.75, 3.05) is 30.8 Å². The summed E-state index contributed by atoms with van der Waals surface area (Å²) < 4.78 is 33.2. The van der Waals surface area contributed by atoms with Crippen molar-refractivity contribution in [3.63, 3.8) is 0 Å². The van der Waals surface area contributed by atoms with Crippen LogP contribution < -0.4 is 15.4 Å². The third kappa shape index (κ3) is 5.15. The fourth-order valence-corrected chi connectivity index (χ4v) is 6.06. The van der Waals surface area contributed by atoms with Crippen LogP contribution >= 0.6 is 11.6 Å². The number of fused-ring (bicyclic) bond motifs is 1. The molecule has 0 aliphatic carbocycles. The number of nitrogens with one attached hydrogen (secondary N) is 2. The molecule has 2 N–H and O–H groups in total. The second-order valence-corrected chi connectivity index (χ2v) is 10.6. The summed E-state index contributed by atoms with van der Waals surface area (Å²) in [7, 11) is -2.26. The molecule has 1 saturated heterocycles. The largest absolute Gasteiger partial charge is 0.495 e. The first-order valence-electron chi connectivity index (χ1n) is 10.9. The van der Waals surface area contributed by atoms with Gasteiger partial charge in [0.1, 0.15) is 5.75 Å². The van der Waals surface area contributed by atoms with Gasteiger partial charge < -0.3 is 15.4 Å². The predicted octanol–water partition coefficient (Wildman–Crippen LogP) is 3.66. The van der Waals surface area contributed by atoms with E-state index in [2.05, 4.69) is 10.6 Å². The maximum absolute atomic E-state index is 13.3. The maximum atomic E-state index is 13.3. The minimum atomic E-state index is -3.77. The Labute approximate surface area is 198 Å². The zero-order valence-corrected chi connectivity index (χ0v) is 19.8. The van der Waals surface area contributed by atoms with Gasteiger partial charge in [0.15, 0.2) is 0 Å². The van der Waals surface area contributed by atoms with E-state index in [1.165, 1.54) is 17.5 Å². The summed E-state index contributed by atoms with van der Waals surface area (Å²) in [6, 6.07) is 9.75. The first-order chi connectivity index (χ1) is 15.8. The predicted molar refractivity (Wildman–Crippen MR) is 126 cm³/mol. The summed E-state index contributed by atoms with van der Waals surface area (Å²) >= 11 is 6.13. The minimum Gasteiger partial charge on any atom is -0.495 e. The van der Waals surface area contributed by atoms with Gasteiger partial charge >= 0.3 is 0 Å². The molecular formula is C23H26ClN3O5S. The number of hydrogen-bond donors (Lipinski definition) is 2. The first-order valence-corrected chi connectivity index (χ1v) is 12.7. The number of piperidine rings is 1. The van der Waals surface area contributed by atoms with Crippen molar-refractivity contribution >= 4 is 44.8 Å². The number of ether oxygens (including phenoxy) is 1. The van der Waals surface area contributed by atoms with Gasteiger partial charge in [0.25, 0.3) is 0 Å². The Morgan fingerprint density at radius 3 is 2.76 bits per heavy atom. The van der Waals surface area contributed by atoms with E-state index >= 15 is 0 Å². The van der Waals surface area contributed by atoms with E-state index in [9.17, 15) is 18.0 Å². The van der Waals surface area contributed by atoms with Crippen molar-refractivity contribution in [2.45, 2.75) is 37.0 Å². The molecule has 0 radical (unpaired) electrons. The van der Waals surface area contributed by atoms with Gasteiger partial charge in [0.2, 0.25) is 21.8 Å². The first kappa shape index (κ1) is 23.5. The third-order valence-electron chi connectivity index (χ3n) is 6.01. The van der Waals surface area contributed by atoms with Crippen molar-refractivity contribution < 1.29 is 22.7 Å². The van der Waals surface area contributed by atoms with Gasteiger partial charge in [-0.3, -0.25) is 9.59 Å². The van der Waals surface area contributed by atoms with Crippen LogP contribution in [0.3, 0.4) is 0 Å². The number of carbonyl (C=O) groups is 2.